The molecule has 0 aliphatic carbocycles. The first-order valence-electron chi connectivity index (χ1n) is 8.57. The van der Waals surface area contributed by atoms with Crippen LogP contribution in [0.5, 0.6) is 11.5 Å². The molecule has 0 radical (unpaired) electrons. The van der Waals surface area contributed by atoms with Crippen molar-refractivity contribution in [1.29, 1.82) is 0 Å². The zero-order chi connectivity index (χ0) is 20.1. The normalized spacial score (nSPS) is 10.4. The third kappa shape index (κ3) is 4.37. The van der Waals surface area contributed by atoms with Crippen molar-refractivity contribution in [3.05, 3.63) is 42.5 Å². The standard InChI is InChI=1S/C19H22N6O3/c1-24(2)14-7-5-13(6-8-14)19-21-23-25(22-19)12-18(26)20-16-10-9-15(27-3)11-17(16)28-4/h5-11H,12H2,1-4H3,(H,20,26). The van der Waals surface area contributed by atoms with E-state index in [2.05, 4.69) is 20.7 Å². The minimum absolute atomic E-state index is 0.0715. The van der Waals surface area contributed by atoms with Gasteiger partial charge in [-0.25, -0.2) is 0 Å². The van der Waals surface area contributed by atoms with Gasteiger partial charge in [-0.05, 0) is 41.6 Å². The molecule has 9 heteroatoms. The average molecular weight is 382 g/mol. The summed E-state index contributed by atoms with van der Waals surface area (Å²) in [5.41, 5.74) is 2.44. The van der Waals surface area contributed by atoms with Gasteiger partial charge >= 0.3 is 0 Å². The molecule has 0 spiro atoms. The van der Waals surface area contributed by atoms with Gasteiger partial charge in [-0.1, -0.05) is 0 Å². The number of benzene rings is 2. The highest BCUT2D eigenvalue weighted by Crippen LogP contribution is 2.29. The summed E-state index contributed by atoms with van der Waals surface area (Å²) >= 11 is 0. The molecular formula is C19H22N6O3. The second-order valence-electron chi connectivity index (χ2n) is 6.20. The van der Waals surface area contributed by atoms with Gasteiger partial charge in [0.25, 0.3) is 0 Å². The summed E-state index contributed by atoms with van der Waals surface area (Å²) in [4.78, 5) is 15.6. The lowest BCUT2D eigenvalue weighted by atomic mass is 10.2. The highest BCUT2D eigenvalue weighted by atomic mass is 16.5. The fourth-order valence-electron chi connectivity index (χ4n) is 2.55. The summed E-state index contributed by atoms with van der Waals surface area (Å²) in [7, 11) is 7.03. The van der Waals surface area contributed by atoms with Crippen molar-refractivity contribution < 1.29 is 14.3 Å². The van der Waals surface area contributed by atoms with Crippen LogP contribution >= 0.6 is 0 Å². The fraction of sp³-hybridized carbons (Fsp3) is 0.263. The van der Waals surface area contributed by atoms with Crippen LogP contribution in [0.25, 0.3) is 11.4 Å². The first kappa shape index (κ1) is 19.2. The topological polar surface area (TPSA) is 94.4 Å². The predicted molar refractivity (Wildman–Crippen MR) is 106 cm³/mol. The lowest BCUT2D eigenvalue weighted by Gasteiger charge is -2.11. The molecule has 1 aromatic heterocycles. The molecule has 3 aromatic rings. The molecule has 0 fully saturated rings. The molecule has 0 saturated carbocycles. The summed E-state index contributed by atoms with van der Waals surface area (Å²) in [6.45, 7) is -0.0715. The van der Waals surface area contributed by atoms with E-state index in [1.165, 1.54) is 11.9 Å². The van der Waals surface area contributed by atoms with Gasteiger partial charge in [0, 0.05) is 31.4 Å². The molecule has 3 rings (SSSR count). The number of nitrogens with one attached hydrogen (secondary N) is 1. The number of methoxy groups -OCH3 is 2. The van der Waals surface area contributed by atoms with Crippen molar-refractivity contribution in [2.75, 3.05) is 38.5 Å². The first-order valence-corrected chi connectivity index (χ1v) is 8.57. The zero-order valence-electron chi connectivity index (χ0n) is 16.2. The highest BCUT2D eigenvalue weighted by molar-refractivity contribution is 5.92. The van der Waals surface area contributed by atoms with Crippen molar-refractivity contribution in [1.82, 2.24) is 20.2 Å². The Morgan fingerprint density at radius 3 is 2.50 bits per heavy atom. The van der Waals surface area contributed by atoms with E-state index in [0.717, 1.165) is 11.3 Å². The van der Waals surface area contributed by atoms with E-state index in [4.69, 9.17) is 9.47 Å². The van der Waals surface area contributed by atoms with Crippen molar-refractivity contribution in [2.45, 2.75) is 6.54 Å². The van der Waals surface area contributed by atoms with Gasteiger partial charge in [-0.15, -0.1) is 10.2 Å². The largest absolute Gasteiger partial charge is 0.497 e. The Balaban J connectivity index is 1.67. The van der Waals surface area contributed by atoms with Crippen LogP contribution in [-0.4, -0.2) is 54.4 Å². The molecule has 0 unspecified atom stereocenters. The maximum absolute atomic E-state index is 12.3. The molecule has 9 nitrogen and oxygen atoms in total. The minimum atomic E-state index is -0.296. The maximum Gasteiger partial charge on any atom is 0.248 e. The molecule has 146 valence electrons. The number of amides is 1. The Morgan fingerprint density at radius 2 is 1.86 bits per heavy atom. The molecule has 1 amide bonds. The molecular weight excluding hydrogens is 360 g/mol. The maximum atomic E-state index is 12.3. The summed E-state index contributed by atoms with van der Waals surface area (Å²) in [5, 5.41) is 15.0. The van der Waals surface area contributed by atoms with E-state index in [9.17, 15) is 4.79 Å². The van der Waals surface area contributed by atoms with Gasteiger partial charge in [-0.2, -0.15) is 4.80 Å². The summed E-state index contributed by atoms with van der Waals surface area (Å²) in [6, 6.07) is 12.9. The number of ether oxygens (including phenoxy) is 2. The number of aromatic nitrogens is 4. The second-order valence-corrected chi connectivity index (χ2v) is 6.20. The number of hydrogen-bond donors (Lipinski definition) is 1. The van der Waals surface area contributed by atoms with E-state index in [1.54, 1.807) is 25.3 Å². The lowest BCUT2D eigenvalue weighted by molar-refractivity contribution is -0.117. The third-order valence-corrected chi connectivity index (χ3v) is 4.06. The Hall–Kier alpha value is -3.62. The van der Waals surface area contributed by atoms with Crippen LogP contribution in [-0.2, 0) is 11.3 Å². The van der Waals surface area contributed by atoms with Gasteiger partial charge in [-0.3, -0.25) is 4.79 Å². The van der Waals surface area contributed by atoms with E-state index < -0.39 is 0 Å². The van der Waals surface area contributed by atoms with Crippen molar-refractivity contribution in [3.63, 3.8) is 0 Å². The number of anilines is 2. The highest BCUT2D eigenvalue weighted by Gasteiger charge is 2.12. The first-order chi connectivity index (χ1) is 13.5. The smallest absolute Gasteiger partial charge is 0.248 e. The van der Waals surface area contributed by atoms with Gasteiger partial charge in [0.15, 0.2) is 0 Å². The molecule has 1 heterocycles. The van der Waals surface area contributed by atoms with E-state index >= 15 is 0 Å². The van der Waals surface area contributed by atoms with Crippen LogP contribution in [0.15, 0.2) is 42.5 Å². The molecule has 1 N–H and O–H groups in total. The monoisotopic (exact) mass is 382 g/mol. The molecule has 0 bridgehead atoms. The number of hydrogen-bond acceptors (Lipinski definition) is 7. The predicted octanol–water partition coefficient (Wildman–Crippen LogP) is 2.06. The second kappa shape index (κ2) is 8.38. The van der Waals surface area contributed by atoms with Crippen molar-refractivity contribution >= 4 is 17.3 Å². The molecule has 28 heavy (non-hydrogen) atoms. The van der Waals surface area contributed by atoms with Crippen LogP contribution in [0.4, 0.5) is 11.4 Å². The van der Waals surface area contributed by atoms with Crippen LogP contribution in [0.2, 0.25) is 0 Å². The Kier molecular flexibility index (Phi) is 5.73. The van der Waals surface area contributed by atoms with E-state index in [1.807, 2.05) is 43.3 Å². The summed E-state index contributed by atoms with van der Waals surface area (Å²) < 4.78 is 10.4. The van der Waals surface area contributed by atoms with E-state index in [0.29, 0.717) is 23.0 Å². The number of carbonyl (C=O) groups is 1. The Labute approximate surface area is 162 Å². The Bertz CT molecular complexity index is 953. The van der Waals surface area contributed by atoms with Crippen LogP contribution in [0.3, 0.4) is 0 Å². The third-order valence-electron chi connectivity index (χ3n) is 4.06. The van der Waals surface area contributed by atoms with Gasteiger partial charge in [0.2, 0.25) is 11.7 Å². The van der Waals surface area contributed by atoms with Crippen LogP contribution in [0.1, 0.15) is 0 Å². The molecule has 0 atom stereocenters. The summed E-state index contributed by atoms with van der Waals surface area (Å²) in [6.07, 6.45) is 0. The number of nitrogens with zero attached hydrogens (tertiary/aromatic N) is 5. The van der Waals surface area contributed by atoms with Crippen molar-refractivity contribution in [2.24, 2.45) is 0 Å². The SMILES string of the molecule is COc1ccc(NC(=O)Cn2nnc(-c3ccc(N(C)C)cc3)n2)c(OC)c1. The fourth-order valence-corrected chi connectivity index (χ4v) is 2.55. The minimum Gasteiger partial charge on any atom is -0.497 e. The lowest BCUT2D eigenvalue weighted by Crippen LogP contribution is -2.20. The average Bonchev–Trinajstić information content (AvgIpc) is 3.16. The van der Waals surface area contributed by atoms with Crippen LogP contribution < -0.4 is 19.7 Å². The zero-order valence-corrected chi connectivity index (χ0v) is 16.2. The molecule has 0 saturated heterocycles. The number of carbonyl (C=O) groups excluding carboxylic acids is 1. The van der Waals surface area contributed by atoms with Crippen LogP contribution in [0, 0.1) is 0 Å². The quantitative estimate of drug-likeness (QED) is 0.668. The van der Waals surface area contributed by atoms with Crippen molar-refractivity contribution in [3.8, 4) is 22.9 Å². The van der Waals surface area contributed by atoms with Gasteiger partial charge in [0.05, 0.1) is 19.9 Å². The Morgan fingerprint density at radius 1 is 1.11 bits per heavy atom. The molecule has 0 aliphatic rings. The summed E-state index contributed by atoms with van der Waals surface area (Å²) in [5.74, 6) is 1.30. The molecule has 2 aromatic carbocycles. The molecule has 0 aliphatic heterocycles. The number of tetrazole rings is 1. The number of rotatable bonds is 7. The van der Waals surface area contributed by atoms with Gasteiger partial charge in [0.1, 0.15) is 18.0 Å². The van der Waals surface area contributed by atoms with Gasteiger partial charge < -0.3 is 19.7 Å². The van der Waals surface area contributed by atoms with E-state index in [-0.39, 0.29) is 12.5 Å².